The first-order valence-corrected chi connectivity index (χ1v) is 4.90. The summed E-state index contributed by atoms with van der Waals surface area (Å²) in [5.41, 5.74) is 0. The van der Waals surface area contributed by atoms with Crippen molar-refractivity contribution in [1.29, 1.82) is 0 Å². The summed E-state index contributed by atoms with van der Waals surface area (Å²) in [7, 11) is 0. The quantitative estimate of drug-likeness (QED) is 0.695. The molecule has 1 aromatic carbocycles. The Bertz CT molecular complexity index is 294. The molecule has 1 atom stereocenters. The maximum absolute atomic E-state index is 12.5. The zero-order chi connectivity index (χ0) is 9.84. The number of hydrogen-bond acceptors (Lipinski definition) is 2. The first-order chi connectivity index (χ1) is 6.09. The Kier molecular flexibility index (Phi) is 3.48. The Morgan fingerprint density at radius 3 is 2.38 bits per heavy atom. The first kappa shape index (κ1) is 10.3. The lowest BCUT2D eigenvalue weighted by molar-refractivity contribution is -0.116. The minimum atomic E-state index is -0.250. The third-order valence-electron chi connectivity index (χ3n) is 1.70. The Morgan fingerprint density at radius 2 is 1.92 bits per heavy atom. The molecule has 1 rings (SSSR count). The number of carbonyl (C=O) groups is 1. The molecule has 0 aliphatic carbocycles. The van der Waals surface area contributed by atoms with Crippen LogP contribution in [-0.2, 0) is 4.79 Å². The summed E-state index contributed by atoms with van der Waals surface area (Å²) in [5, 5.41) is -0.0644. The highest BCUT2D eigenvalue weighted by Crippen LogP contribution is 2.23. The standard InChI is InChI=1S/C10H11FOS/c1-7(12)8(2)13-10-5-3-9(11)4-6-10/h3-6,8H,1-2H3/t8-/m1/s1. The number of thioether (sulfide) groups is 1. The first-order valence-electron chi connectivity index (χ1n) is 4.02. The maximum atomic E-state index is 12.5. The Balaban J connectivity index is 2.64. The Hall–Kier alpha value is -0.830. The van der Waals surface area contributed by atoms with Crippen LogP contribution in [0, 0.1) is 5.82 Å². The van der Waals surface area contributed by atoms with E-state index >= 15 is 0 Å². The van der Waals surface area contributed by atoms with Gasteiger partial charge in [-0.25, -0.2) is 4.39 Å². The number of rotatable bonds is 3. The highest BCUT2D eigenvalue weighted by atomic mass is 32.2. The molecule has 3 heteroatoms. The number of carbonyl (C=O) groups excluding carboxylic acids is 1. The third kappa shape index (κ3) is 3.19. The van der Waals surface area contributed by atoms with Gasteiger partial charge in [0, 0.05) is 4.90 Å². The van der Waals surface area contributed by atoms with E-state index in [4.69, 9.17) is 0 Å². The van der Waals surface area contributed by atoms with E-state index in [-0.39, 0.29) is 16.9 Å². The van der Waals surface area contributed by atoms with Gasteiger partial charge in [0.2, 0.25) is 0 Å². The molecule has 1 nitrogen and oxygen atoms in total. The molecule has 0 saturated carbocycles. The molecule has 0 N–H and O–H groups in total. The number of Topliss-reactive ketones (excluding diaryl/α,β-unsaturated/α-hetero) is 1. The van der Waals surface area contributed by atoms with Crippen molar-refractivity contribution >= 4 is 17.5 Å². The molecule has 0 amide bonds. The zero-order valence-electron chi connectivity index (χ0n) is 7.58. The molecule has 0 radical (unpaired) electrons. The fraction of sp³-hybridized carbons (Fsp3) is 0.300. The average molecular weight is 198 g/mol. The smallest absolute Gasteiger partial charge is 0.142 e. The zero-order valence-corrected chi connectivity index (χ0v) is 8.40. The maximum Gasteiger partial charge on any atom is 0.142 e. The van der Waals surface area contributed by atoms with Crippen LogP contribution in [0.2, 0.25) is 0 Å². The van der Waals surface area contributed by atoms with Crippen LogP contribution in [-0.4, -0.2) is 11.0 Å². The van der Waals surface area contributed by atoms with Crippen molar-refractivity contribution in [2.75, 3.05) is 0 Å². The van der Waals surface area contributed by atoms with Crippen LogP contribution in [0.5, 0.6) is 0 Å². The molecular formula is C10H11FOS. The monoisotopic (exact) mass is 198 g/mol. The summed E-state index contributed by atoms with van der Waals surface area (Å²) in [4.78, 5) is 11.8. The van der Waals surface area contributed by atoms with Crippen LogP contribution >= 0.6 is 11.8 Å². The predicted octanol–water partition coefficient (Wildman–Crippen LogP) is 2.90. The van der Waals surface area contributed by atoms with Crippen LogP contribution in [0.25, 0.3) is 0 Å². The summed E-state index contributed by atoms with van der Waals surface area (Å²) in [6, 6.07) is 6.16. The fourth-order valence-corrected chi connectivity index (χ4v) is 1.67. The predicted molar refractivity (Wildman–Crippen MR) is 52.4 cm³/mol. The molecule has 0 aliphatic heterocycles. The van der Waals surface area contributed by atoms with Crippen molar-refractivity contribution in [2.45, 2.75) is 24.0 Å². The summed E-state index contributed by atoms with van der Waals surface area (Å²) in [5.74, 6) is -0.117. The van der Waals surface area contributed by atoms with Gasteiger partial charge in [-0.2, -0.15) is 0 Å². The molecule has 0 heterocycles. The summed E-state index contributed by atoms with van der Waals surface area (Å²) in [6.45, 7) is 3.40. The molecular weight excluding hydrogens is 187 g/mol. The molecule has 13 heavy (non-hydrogen) atoms. The van der Waals surface area contributed by atoms with E-state index in [1.807, 2.05) is 6.92 Å². The second-order valence-corrected chi connectivity index (χ2v) is 4.24. The van der Waals surface area contributed by atoms with Gasteiger partial charge in [0.1, 0.15) is 11.6 Å². The molecule has 0 aliphatic rings. The lowest BCUT2D eigenvalue weighted by Crippen LogP contribution is -2.07. The van der Waals surface area contributed by atoms with Crippen molar-refractivity contribution in [3.63, 3.8) is 0 Å². The van der Waals surface area contributed by atoms with E-state index < -0.39 is 0 Å². The van der Waals surface area contributed by atoms with Crippen molar-refractivity contribution in [1.82, 2.24) is 0 Å². The van der Waals surface area contributed by atoms with Crippen molar-refractivity contribution in [3.8, 4) is 0 Å². The van der Waals surface area contributed by atoms with Crippen LogP contribution in [0.3, 0.4) is 0 Å². The van der Waals surface area contributed by atoms with Crippen molar-refractivity contribution in [2.24, 2.45) is 0 Å². The summed E-state index contributed by atoms with van der Waals surface area (Å²) in [6.07, 6.45) is 0. The molecule has 70 valence electrons. The molecule has 0 bridgehead atoms. The van der Waals surface area contributed by atoms with E-state index in [0.29, 0.717) is 0 Å². The SMILES string of the molecule is CC(=O)[C@@H](C)Sc1ccc(F)cc1. The highest BCUT2D eigenvalue weighted by molar-refractivity contribution is 8.00. The van der Waals surface area contributed by atoms with Crippen LogP contribution in [0.1, 0.15) is 13.8 Å². The summed E-state index contributed by atoms with van der Waals surface area (Å²) >= 11 is 1.44. The Labute approximate surface area is 81.3 Å². The van der Waals surface area contributed by atoms with Crippen molar-refractivity contribution < 1.29 is 9.18 Å². The topological polar surface area (TPSA) is 17.1 Å². The van der Waals surface area contributed by atoms with E-state index in [1.54, 1.807) is 19.1 Å². The Morgan fingerprint density at radius 1 is 1.38 bits per heavy atom. The normalized spacial score (nSPS) is 12.5. The van der Waals surface area contributed by atoms with Gasteiger partial charge in [0.15, 0.2) is 0 Å². The molecule has 0 fully saturated rings. The second kappa shape index (κ2) is 4.42. The average Bonchev–Trinajstić information content (AvgIpc) is 2.08. The van der Waals surface area contributed by atoms with Gasteiger partial charge in [0.25, 0.3) is 0 Å². The van der Waals surface area contributed by atoms with E-state index in [9.17, 15) is 9.18 Å². The van der Waals surface area contributed by atoms with Gasteiger partial charge >= 0.3 is 0 Å². The lowest BCUT2D eigenvalue weighted by Gasteiger charge is -2.06. The van der Waals surface area contributed by atoms with Crippen molar-refractivity contribution in [3.05, 3.63) is 30.1 Å². The molecule has 1 aromatic rings. The number of ketones is 1. The number of halogens is 1. The number of hydrogen-bond donors (Lipinski definition) is 0. The van der Waals surface area contributed by atoms with Crippen LogP contribution in [0.4, 0.5) is 4.39 Å². The molecule has 0 spiro atoms. The molecule has 0 aromatic heterocycles. The van der Waals surface area contributed by atoms with Gasteiger partial charge < -0.3 is 0 Å². The molecule has 0 unspecified atom stereocenters. The number of benzene rings is 1. The van der Waals surface area contributed by atoms with Crippen LogP contribution < -0.4 is 0 Å². The lowest BCUT2D eigenvalue weighted by atomic mass is 10.3. The second-order valence-electron chi connectivity index (χ2n) is 2.82. The third-order valence-corrected chi connectivity index (χ3v) is 2.93. The minimum Gasteiger partial charge on any atom is -0.299 e. The van der Waals surface area contributed by atoms with Gasteiger partial charge in [-0.15, -0.1) is 11.8 Å². The summed E-state index contributed by atoms with van der Waals surface area (Å²) < 4.78 is 12.5. The van der Waals surface area contributed by atoms with Gasteiger partial charge in [-0.3, -0.25) is 4.79 Å². The van der Waals surface area contributed by atoms with E-state index in [2.05, 4.69) is 0 Å². The van der Waals surface area contributed by atoms with Gasteiger partial charge in [-0.05, 0) is 38.1 Å². The van der Waals surface area contributed by atoms with Gasteiger partial charge in [0.05, 0.1) is 5.25 Å². The van der Waals surface area contributed by atoms with Gasteiger partial charge in [-0.1, -0.05) is 0 Å². The van der Waals surface area contributed by atoms with Crippen LogP contribution in [0.15, 0.2) is 29.2 Å². The fourth-order valence-electron chi connectivity index (χ4n) is 0.800. The minimum absolute atomic E-state index is 0.0644. The van der Waals surface area contributed by atoms with E-state index in [0.717, 1.165) is 4.90 Å². The molecule has 0 saturated heterocycles. The largest absolute Gasteiger partial charge is 0.299 e. The van der Waals surface area contributed by atoms with E-state index in [1.165, 1.54) is 23.9 Å². The highest BCUT2D eigenvalue weighted by Gasteiger charge is 2.08.